The summed E-state index contributed by atoms with van der Waals surface area (Å²) in [6.07, 6.45) is -2.20. The van der Waals surface area contributed by atoms with Crippen LogP contribution in [-0.2, 0) is 31.3 Å². The molecule has 0 amide bonds. The van der Waals surface area contributed by atoms with Gasteiger partial charge < -0.3 is 28.4 Å². The molecule has 3 aromatic carbocycles. The van der Waals surface area contributed by atoms with E-state index in [9.17, 15) is 18.4 Å². The number of ether oxygens (including phenoxy) is 6. The van der Waals surface area contributed by atoms with E-state index in [2.05, 4.69) is 36.8 Å². The number of halogens is 4. The van der Waals surface area contributed by atoms with Crippen LogP contribution in [0.5, 0.6) is 23.0 Å². The zero-order valence-corrected chi connectivity index (χ0v) is 29.3. The molecule has 0 fully saturated rings. The van der Waals surface area contributed by atoms with E-state index in [4.69, 9.17) is 28.4 Å². The lowest BCUT2D eigenvalue weighted by Crippen LogP contribution is -2.23. The van der Waals surface area contributed by atoms with Crippen molar-refractivity contribution in [2.75, 3.05) is 26.4 Å². The van der Waals surface area contributed by atoms with E-state index >= 15 is 8.78 Å². The van der Waals surface area contributed by atoms with E-state index in [0.29, 0.717) is 63.2 Å². The Labute approximate surface area is 306 Å². The smallest absolute Gasteiger partial charge is 0.426 e. The Hall–Kier alpha value is -5.88. The van der Waals surface area contributed by atoms with E-state index in [0.717, 1.165) is 24.3 Å². The van der Waals surface area contributed by atoms with E-state index in [1.165, 1.54) is 61.5 Å². The second-order valence-electron chi connectivity index (χ2n) is 11.1. The minimum atomic E-state index is -3.73. The molecule has 0 aromatic heterocycles. The summed E-state index contributed by atoms with van der Waals surface area (Å²) in [6.45, 7) is 9.05. The van der Waals surface area contributed by atoms with Gasteiger partial charge in [-0.05, 0) is 92.1 Å². The fourth-order valence-electron chi connectivity index (χ4n) is 4.27. The molecule has 0 spiro atoms. The minimum Gasteiger partial charge on any atom is -0.494 e. The molecule has 0 aliphatic carbocycles. The predicted molar refractivity (Wildman–Crippen MR) is 190 cm³/mol. The fourth-order valence-corrected chi connectivity index (χ4v) is 4.27. The van der Waals surface area contributed by atoms with E-state index in [-0.39, 0.29) is 30.3 Å². The summed E-state index contributed by atoms with van der Waals surface area (Å²) < 4.78 is 90.8. The highest BCUT2D eigenvalue weighted by Crippen LogP contribution is 2.37. The molecule has 0 aliphatic heterocycles. The van der Waals surface area contributed by atoms with Crippen LogP contribution in [0.25, 0.3) is 0 Å². The lowest BCUT2D eigenvalue weighted by molar-refractivity contribution is -0.188. The molecule has 0 bridgehead atoms. The Kier molecular flexibility index (Phi) is 16.8. The molecule has 0 saturated heterocycles. The van der Waals surface area contributed by atoms with Gasteiger partial charge in [0, 0.05) is 37.8 Å². The average Bonchev–Trinajstić information content (AvgIpc) is 3.14. The summed E-state index contributed by atoms with van der Waals surface area (Å²) in [5.74, 6) is 10.9. The highest BCUT2D eigenvalue weighted by Gasteiger charge is 2.36. The first-order valence-electron chi connectivity index (χ1n) is 16.6. The van der Waals surface area contributed by atoms with Crippen LogP contribution in [0.2, 0.25) is 0 Å². The molecule has 3 rings (SSSR count). The maximum absolute atomic E-state index is 15.0. The normalized spacial score (nSPS) is 10.7. The quantitative estimate of drug-likeness (QED) is 0.0374. The molecule has 280 valence electrons. The molecule has 0 N–H and O–H groups in total. The molecular weight excluding hydrogens is 696 g/mol. The van der Waals surface area contributed by atoms with Crippen molar-refractivity contribution in [3.8, 4) is 46.7 Å². The Morgan fingerprint density at radius 1 is 0.604 bits per heavy atom. The lowest BCUT2D eigenvalue weighted by atomic mass is 10.1. The first kappa shape index (κ1) is 41.5. The Morgan fingerprint density at radius 2 is 1.02 bits per heavy atom. The van der Waals surface area contributed by atoms with Crippen LogP contribution in [0, 0.1) is 30.6 Å². The van der Waals surface area contributed by atoms with Crippen molar-refractivity contribution in [3.63, 3.8) is 0 Å². The van der Waals surface area contributed by atoms with Crippen molar-refractivity contribution in [2.45, 2.75) is 57.7 Å². The van der Waals surface area contributed by atoms with Crippen LogP contribution in [0.1, 0.15) is 55.2 Å². The van der Waals surface area contributed by atoms with E-state index < -0.39 is 35.3 Å². The van der Waals surface area contributed by atoms with Crippen molar-refractivity contribution in [1.29, 1.82) is 0 Å². The molecule has 0 unspecified atom stereocenters. The largest absolute Gasteiger partial charge is 0.494 e. The van der Waals surface area contributed by atoms with Crippen molar-refractivity contribution in [3.05, 3.63) is 109 Å². The van der Waals surface area contributed by atoms with E-state index in [1.807, 2.05) is 0 Å². The number of aryl methyl sites for hydroxylation is 1. The van der Waals surface area contributed by atoms with Crippen molar-refractivity contribution < 1.29 is 55.6 Å². The van der Waals surface area contributed by atoms with Gasteiger partial charge in [-0.15, -0.1) is 11.8 Å². The lowest BCUT2D eigenvalue weighted by Gasteiger charge is -2.22. The van der Waals surface area contributed by atoms with Crippen LogP contribution in [0.4, 0.5) is 17.6 Å². The molecule has 0 saturated carbocycles. The van der Waals surface area contributed by atoms with Gasteiger partial charge in [0.05, 0.1) is 24.3 Å². The SMILES string of the molecule is C=CC(=O)OCCC#CCCCOc1ccc(C(F)(F)Oc2ccc(OC(F)(F)c3ccc(OCCCC#CCCOC(=O)C=C)cc3)c(C)c2)cc1. The second kappa shape index (κ2) is 21.5. The van der Waals surface area contributed by atoms with Gasteiger partial charge in [0.1, 0.15) is 36.2 Å². The van der Waals surface area contributed by atoms with E-state index in [1.54, 1.807) is 0 Å². The van der Waals surface area contributed by atoms with Crippen LogP contribution in [-0.4, -0.2) is 38.4 Å². The van der Waals surface area contributed by atoms with Gasteiger partial charge in [-0.25, -0.2) is 9.59 Å². The van der Waals surface area contributed by atoms with Gasteiger partial charge in [-0.2, -0.15) is 17.6 Å². The Bertz CT molecular complexity index is 1780. The van der Waals surface area contributed by atoms with Gasteiger partial charge in [-0.3, -0.25) is 0 Å². The summed E-state index contributed by atoms with van der Waals surface area (Å²) >= 11 is 0. The molecule has 53 heavy (non-hydrogen) atoms. The monoisotopic (exact) mass is 736 g/mol. The Morgan fingerprint density at radius 3 is 1.45 bits per heavy atom. The van der Waals surface area contributed by atoms with Crippen LogP contribution in [0.3, 0.4) is 0 Å². The number of carbonyl (C=O) groups excluding carboxylic acids is 2. The molecular formula is C41H40F4O8. The number of alkyl halides is 4. The number of carbonyl (C=O) groups is 2. The summed E-state index contributed by atoms with van der Waals surface area (Å²) in [4.78, 5) is 21.9. The third kappa shape index (κ3) is 15.1. The zero-order chi connectivity index (χ0) is 38.5. The number of hydrogen-bond acceptors (Lipinski definition) is 8. The van der Waals surface area contributed by atoms with Crippen molar-refractivity contribution in [2.24, 2.45) is 0 Å². The topological polar surface area (TPSA) is 89.5 Å². The molecule has 0 atom stereocenters. The summed E-state index contributed by atoms with van der Waals surface area (Å²) in [6, 6.07) is 13.7. The van der Waals surface area contributed by atoms with Crippen LogP contribution >= 0.6 is 0 Å². The summed E-state index contributed by atoms with van der Waals surface area (Å²) in [5.41, 5.74) is -0.705. The number of unbranched alkanes of at least 4 members (excludes halogenated alkanes) is 2. The fraction of sp³-hybridized carbons (Fsp3) is 0.317. The van der Waals surface area contributed by atoms with Crippen molar-refractivity contribution in [1.82, 2.24) is 0 Å². The predicted octanol–water partition coefficient (Wildman–Crippen LogP) is 8.82. The van der Waals surface area contributed by atoms with Gasteiger partial charge in [0.2, 0.25) is 0 Å². The summed E-state index contributed by atoms with van der Waals surface area (Å²) in [5, 5.41) is 0. The minimum absolute atomic E-state index is 0.156. The highest BCUT2D eigenvalue weighted by atomic mass is 19.3. The average molecular weight is 737 g/mol. The standard InChI is InChI=1S/C41H40F4O8/c1-4-38(46)50-28-14-10-6-8-12-26-48-34-20-16-32(17-21-34)40(42,43)52-36-24-25-37(31(3)30-36)53-41(44,45)33-18-22-35(23-19-33)49-27-13-9-7-11-15-29-51-39(47)5-2/h4-5,16-25,30H,1-2,8-9,12-15,26-29H2,3H3. The second-order valence-corrected chi connectivity index (χ2v) is 11.1. The number of benzene rings is 3. The third-order valence-corrected chi connectivity index (χ3v) is 6.97. The van der Waals surface area contributed by atoms with Gasteiger partial charge in [0.15, 0.2) is 0 Å². The maximum atomic E-state index is 15.0. The van der Waals surface area contributed by atoms with Gasteiger partial charge in [-0.1, -0.05) is 25.0 Å². The number of rotatable bonds is 20. The maximum Gasteiger partial charge on any atom is 0.426 e. The van der Waals surface area contributed by atoms with Gasteiger partial charge >= 0.3 is 24.2 Å². The molecule has 3 aromatic rings. The van der Waals surface area contributed by atoms with Crippen LogP contribution < -0.4 is 18.9 Å². The van der Waals surface area contributed by atoms with Crippen LogP contribution in [0.15, 0.2) is 92.0 Å². The molecule has 0 aliphatic rings. The highest BCUT2D eigenvalue weighted by molar-refractivity contribution is 5.81. The first-order valence-corrected chi connectivity index (χ1v) is 16.6. The van der Waals surface area contributed by atoms with Crippen molar-refractivity contribution >= 4 is 11.9 Å². The summed E-state index contributed by atoms with van der Waals surface area (Å²) in [7, 11) is 0. The molecule has 12 heteroatoms. The zero-order valence-electron chi connectivity index (χ0n) is 29.3. The molecule has 0 heterocycles. The first-order chi connectivity index (χ1) is 25.4. The Balaban J connectivity index is 1.43. The molecule has 0 radical (unpaired) electrons. The third-order valence-electron chi connectivity index (χ3n) is 6.97. The number of hydrogen-bond donors (Lipinski definition) is 0. The van der Waals surface area contributed by atoms with Gasteiger partial charge in [0.25, 0.3) is 0 Å². The molecule has 8 nitrogen and oxygen atoms in total. The number of esters is 2.